The highest BCUT2D eigenvalue weighted by molar-refractivity contribution is 5.96. The number of ether oxygens (including phenoxy) is 1. The SMILES string of the molecule is O=C(COc1ccccc1)NCc1nc2ccccc2n1CC(=O)c1ccccc1. The molecule has 0 atom stereocenters. The minimum atomic E-state index is -0.258. The molecule has 4 rings (SSSR count). The maximum atomic E-state index is 12.7. The summed E-state index contributed by atoms with van der Waals surface area (Å²) in [6.07, 6.45) is 0. The molecule has 3 aromatic carbocycles. The molecule has 0 radical (unpaired) electrons. The molecular formula is C24H21N3O3. The first-order chi connectivity index (χ1) is 14.7. The van der Waals surface area contributed by atoms with Crippen LogP contribution >= 0.6 is 0 Å². The van der Waals surface area contributed by atoms with Gasteiger partial charge in [0.15, 0.2) is 12.4 Å². The first-order valence-electron chi connectivity index (χ1n) is 9.67. The average Bonchev–Trinajstić information content (AvgIpc) is 3.15. The first kappa shape index (κ1) is 19.4. The van der Waals surface area contributed by atoms with Crippen molar-refractivity contribution in [2.75, 3.05) is 6.61 Å². The summed E-state index contributed by atoms with van der Waals surface area (Å²) >= 11 is 0. The monoisotopic (exact) mass is 399 g/mol. The van der Waals surface area contributed by atoms with Gasteiger partial charge >= 0.3 is 0 Å². The van der Waals surface area contributed by atoms with Gasteiger partial charge in [-0.25, -0.2) is 4.98 Å². The second-order valence-electron chi connectivity index (χ2n) is 6.77. The lowest BCUT2D eigenvalue weighted by molar-refractivity contribution is -0.123. The third-order valence-electron chi connectivity index (χ3n) is 4.69. The predicted molar refractivity (Wildman–Crippen MR) is 114 cm³/mol. The minimum absolute atomic E-state index is 0.0151. The highest BCUT2D eigenvalue weighted by Crippen LogP contribution is 2.17. The fourth-order valence-electron chi connectivity index (χ4n) is 3.19. The number of Topliss-reactive ketones (excluding diaryl/α,β-unsaturated/α-hetero) is 1. The minimum Gasteiger partial charge on any atom is -0.484 e. The van der Waals surface area contributed by atoms with Crippen LogP contribution in [0.5, 0.6) is 5.75 Å². The zero-order valence-electron chi connectivity index (χ0n) is 16.3. The quantitative estimate of drug-likeness (QED) is 0.460. The van der Waals surface area contributed by atoms with Gasteiger partial charge in [0.2, 0.25) is 0 Å². The molecule has 0 aliphatic carbocycles. The number of para-hydroxylation sites is 3. The average molecular weight is 399 g/mol. The molecule has 1 aromatic heterocycles. The maximum Gasteiger partial charge on any atom is 0.258 e. The standard InChI is InChI=1S/C24H21N3O3/c28-22(18-9-3-1-4-10-18)16-27-21-14-8-7-13-20(21)26-23(27)15-25-24(29)17-30-19-11-5-2-6-12-19/h1-14H,15-17H2,(H,25,29). The number of rotatable bonds is 8. The van der Waals surface area contributed by atoms with Crippen LogP contribution in [0.25, 0.3) is 11.0 Å². The van der Waals surface area contributed by atoms with E-state index in [-0.39, 0.29) is 31.4 Å². The van der Waals surface area contributed by atoms with Crippen LogP contribution in [0, 0.1) is 0 Å². The van der Waals surface area contributed by atoms with Crippen molar-refractivity contribution in [2.45, 2.75) is 13.1 Å². The molecule has 0 fully saturated rings. The summed E-state index contributed by atoms with van der Waals surface area (Å²) in [4.78, 5) is 29.6. The number of amides is 1. The van der Waals surface area contributed by atoms with Crippen molar-refractivity contribution < 1.29 is 14.3 Å². The van der Waals surface area contributed by atoms with Gasteiger partial charge in [0.05, 0.1) is 24.1 Å². The Morgan fingerprint density at radius 2 is 1.53 bits per heavy atom. The van der Waals surface area contributed by atoms with E-state index in [1.54, 1.807) is 24.3 Å². The van der Waals surface area contributed by atoms with E-state index in [0.29, 0.717) is 17.1 Å². The molecule has 1 heterocycles. The molecule has 0 aliphatic heterocycles. The van der Waals surface area contributed by atoms with Crippen LogP contribution in [0.15, 0.2) is 84.9 Å². The summed E-state index contributed by atoms with van der Waals surface area (Å²) in [6, 6.07) is 25.9. The van der Waals surface area contributed by atoms with Crippen LogP contribution < -0.4 is 10.1 Å². The molecule has 0 unspecified atom stereocenters. The molecule has 0 saturated heterocycles. The normalized spacial score (nSPS) is 10.7. The van der Waals surface area contributed by atoms with E-state index in [1.165, 1.54) is 0 Å². The Bertz CT molecular complexity index is 1150. The molecule has 0 aliphatic rings. The Hall–Kier alpha value is -3.93. The van der Waals surface area contributed by atoms with Gasteiger partial charge in [-0.2, -0.15) is 0 Å². The summed E-state index contributed by atoms with van der Waals surface area (Å²) in [5, 5.41) is 2.83. The molecule has 30 heavy (non-hydrogen) atoms. The second-order valence-corrected chi connectivity index (χ2v) is 6.77. The predicted octanol–water partition coefficient (Wildman–Crippen LogP) is 3.61. The van der Waals surface area contributed by atoms with Crippen LogP contribution in [0.2, 0.25) is 0 Å². The number of hydrogen-bond acceptors (Lipinski definition) is 4. The Morgan fingerprint density at radius 3 is 2.30 bits per heavy atom. The summed E-state index contributed by atoms with van der Waals surface area (Å²) < 4.78 is 7.32. The van der Waals surface area contributed by atoms with E-state index < -0.39 is 0 Å². The number of carbonyl (C=O) groups is 2. The van der Waals surface area contributed by atoms with Gasteiger partial charge in [0, 0.05) is 5.56 Å². The van der Waals surface area contributed by atoms with Crippen LogP contribution in [-0.4, -0.2) is 27.8 Å². The van der Waals surface area contributed by atoms with Crippen LogP contribution in [0.3, 0.4) is 0 Å². The Kier molecular flexibility index (Phi) is 5.85. The molecule has 6 heteroatoms. The van der Waals surface area contributed by atoms with E-state index >= 15 is 0 Å². The third-order valence-corrected chi connectivity index (χ3v) is 4.69. The molecule has 0 bridgehead atoms. The molecule has 4 aromatic rings. The van der Waals surface area contributed by atoms with Crippen LogP contribution in [0.1, 0.15) is 16.2 Å². The van der Waals surface area contributed by atoms with E-state index in [9.17, 15) is 9.59 Å². The summed E-state index contributed by atoms with van der Waals surface area (Å²) in [6.45, 7) is 0.261. The van der Waals surface area contributed by atoms with Crippen molar-refractivity contribution in [3.63, 3.8) is 0 Å². The van der Waals surface area contributed by atoms with Crippen molar-refractivity contribution in [3.05, 3.63) is 96.3 Å². The zero-order valence-corrected chi connectivity index (χ0v) is 16.3. The smallest absolute Gasteiger partial charge is 0.258 e. The topological polar surface area (TPSA) is 73.2 Å². The number of carbonyl (C=O) groups excluding carboxylic acids is 2. The van der Waals surface area contributed by atoms with E-state index in [0.717, 1.165) is 11.0 Å². The molecule has 1 N–H and O–H groups in total. The highest BCUT2D eigenvalue weighted by Gasteiger charge is 2.15. The third kappa shape index (κ3) is 4.55. The van der Waals surface area contributed by atoms with Crippen molar-refractivity contribution >= 4 is 22.7 Å². The number of ketones is 1. The van der Waals surface area contributed by atoms with Gasteiger partial charge < -0.3 is 14.6 Å². The van der Waals surface area contributed by atoms with Gasteiger partial charge in [0.1, 0.15) is 11.6 Å². The first-order valence-corrected chi connectivity index (χ1v) is 9.67. The number of imidazole rings is 1. The van der Waals surface area contributed by atoms with E-state index in [1.807, 2.05) is 65.2 Å². The lowest BCUT2D eigenvalue weighted by Crippen LogP contribution is -2.30. The molecule has 6 nitrogen and oxygen atoms in total. The Morgan fingerprint density at radius 1 is 0.867 bits per heavy atom. The van der Waals surface area contributed by atoms with E-state index in [2.05, 4.69) is 10.3 Å². The number of aromatic nitrogens is 2. The fraction of sp³-hybridized carbons (Fsp3) is 0.125. The zero-order chi connectivity index (χ0) is 20.8. The van der Waals surface area contributed by atoms with Gasteiger partial charge in [-0.05, 0) is 24.3 Å². The summed E-state index contributed by atoms with van der Waals surface area (Å²) in [7, 11) is 0. The van der Waals surface area contributed by atoms with Crippen molar-refractivity contribution in [3.8, 4) is 5.75 Å². The maximum absolute atomic E-state index is 12.7. The lowest BCUT2D eigenvalue weighted by atomic mass is 10.1. The summed E-state index contributed by atoms with van der Waals surface area (Å²) in [5.74, 6) is 0.979. The lowest BCUT2D eigenvalue weighted by Gasteiger charge is -2.10. The van der Waals surface area contributed by atoms with Crippen molar-refractivity contribution in [2.24, 2.45) is 0 Å². The van der Waals surface area contributed by atoms with Gasteiger partial charge in [-0.1, -0.05) is 60.7 Å². The van der Waals surface area contributed by atoms with Crippen molar-refractivity contribution in [1.29, 1.82) is 0 Å². The highest BCUT2D eigenvalue weighted by atomic mass is 16.5. The molecule has 150 valence electrons. The van der Waals surface area contributed by atoms with Gasteiger partial charge in [-0.3, -0.25) is 9.59 Å². The van der Waals surface area contributed by atoms with Crippen molar-refractivity contribution in [1.82, 2.24) is 14.9 Å². The molecule has 0 saturated carbocycles. The fourth-order valence-corrected chi connectivity index (χ4v) is 3.19. The summed E-state index contributed by atoms with van der Waals surface area (Å²) in [5.41, 5.74) is 2.27. The number of nitrogens with one attached hydrogen (secondary N) is 1. The molecule has 0 spiro atoms. The van der Waals surface area contributed by atoms with Gasteiger partial charge in [0.25, 0.3) is 5.91 Å². The Balaban J connectivity index is 1.47. The second kappa shape index (κ2) is 9.05. The molecular weight excluding hydrogens is 378 g/mol. The number of fused-ring (bicyclic) bond motifs is 1. The number of benzene rings is 3. The Labute approximate surface area is 174 Å². The van der Waals surface area contributed by atoms with Crippen LogP contribution in [0.4, 0.5) is 0 Å². The number of nitrogens with zero attached hydrogens (tertiary/aromatic N) is 2. The molecule has 1 amide bonds. The van der Waals surface area contributed by atoms with E-state index in [4.69, 9.17) is 4.74 Å². The van der Waals surface area contributed by atoms with Crippen LogP contribution in [-0.2, 0) is 17.9 Å². The largest absolute Gasteiger partial charge is 0.484 e. The number of hydrogen-bond donors (Lipinski definition) is 1. The van der Waals surface area contributed by atoms with Gasteiger partial charge in [-0.15, -0.1) is 0 Å².